The number of Topliss-reactive ketones (excluding diaryl/α,β-unsaturated/α-hetero) is 1. The molecule has 2 atom stereocenters. The Bertz CT molecular complexity index is 302. The highest BCUT2D eigenvalue weighted by Crippen LogP contribution is 2.48. The van der Waals surface area contributed by atoms with Gasteiger partial charge in [-0.3, -0.25) is 4.79 Å². The fourth-order valence-electron chi connectivity index (χ4n) is 1.88. The van der Waals surface area contributed by atoms with Crippen LogP contribution in [0.2, 0.25) is 0 Å². The molecule has 0 spiro atoms. The van der Waals surface area contributed by atoms with Crippen LogP contribution in [0.4, 0.5) is 0 Å². The molecule has 13 heavy (non-hydrogen) atoms. The van der Waals surface area contributed by atoms with Crippen molar-refractivity contribution in [1.29, 1.82) is 0 Å². The number of hydrogen-bond acceptors (Lipinski definition) is 1. The van der Waals surface area contributed by atoms with Crippen LogP contribution >= 0.6 is 0 Å². The van der Waals surface area contributed by atoms with E-state index in [2.05, 4.69) is 12.1 Å². The average Bonchev–Trinajstić information content (AvgIpc) is 2.98. The molecule has 2 rings (SSSR count). The van der Waals surface area contributed by atoms with E-state index in [0.717, 1.165) is 6.42 Å². The molecule has 1 aromatic carbocycles. The van der Waals surface area contributed by atoms with Gasteiger partial charge in [0.1, 0.15) is 5.78 Å². The van der Waals surface area contributed by atoms with E-state index in [9.17, 15) is 4.79 Å². The first-order valence-electron chi connectivity index (χ1n) is 4.90. The first kappa shape index (κ1) is 8.49. The third kappa shape index (κ3) is 1.64. The lowest BCUT2D eigenvalue weighted by Gasteiger charge is -1.97. The maximum Gasteiger partial charge on any atom is 0.136 e. The summed E-state index contributed by atoms with van der Waals surface area (Å²) in [4.78, 5) is 11.4. The van der Waals surface area contributed by atoms with Gasteiger partial charge in [0.05, 0.1) is 0 Å². The van der Waals surface area contributed by atoms with E-state index in [1.165, 1.54) is 5.56 Å². The molecule has 1 fully saturated rings. The molecule has 1 aliphatic carbocycles. The maximum absolute atomic E-state index is 11.4. The lowest BCUT2D eigenvalue weighted by molar-refractivity contribution is -0.120. The zero-order valence-corrected chi connectivity index (χ0v) is 7.86. The van der Waals surface area contributed by atoms with Crippen LogP contribution in [0.1, 0.15) is 31.2 Å². The molecule has 0 bridgehead atoms. The van der Waals surface area contributed by atoms with Crippen LogP contribution in [0.25, 0.3) is 0 Å². The summed E-state index contributed by atoms with van der Waals surface area (Å²) in [5.74, 6) is 1.27. The first-order chi connectivity index (χ1) is 6.33. The van der Waals surface area contributed by atoms with Gasteiger partial charge in [0, 0.05) is 12.3 Å². The smallest absolute Gasteiger partial charge is 0.136 e. The highest BCUT2D eigenvalue weighted by atomic mass is 16.1. The summed E-state index contributed by atoms with van der Waals surface area (Å²) in [7, 11) is 0. The summed E-state index contributed by atoms with van der Waals surface area (Å²) < 4.78 is 0. The molecule has 1 aromatic rings. The van der Waals surface area contributed by atoms with Gasteiger partial charge in [-0.1, -0.05) is 37.3 Å². The Kier molecular flexibility index (Phi) is 2.17. The van der Waals surface area contributed by atoms with E-state index in [-0.39, 0.29) is 0 Å². The molecule has 0 aliphatic heterocycles. The Morgan fingerprint density at radius 2 is 2.08 bits per heavy atom. The molecule has 1 nitrogen and oxygen atoms in total. The minimum Gasteiger partial charge on any atom is -0.299 e. The Morgan fingerprint density at radius 3 is 2.69 bits per heavy atom. The van der Waals surface area contributed by atoms with Crippen molar-refractivity contribution in [3.8, 4) is 0 Å². The van der Waals surface area contributed by atoms with Crippen molar-refractivity contribution >= 4 is 5.78 Å². The highest BCUT2D eigenvalue weighted by molar-refractivity contribution is 5.84. The standard InChI is InChI=1S/C12H14O/c1-2-12(13)11-8-10(11)9-6-4-3-5-7-9/h3-7,10-11H,2,8H2,1H3/t10-,11+/m0/s1. The van der Waals surface area contributed by atoms with Crippen molar-refractivity contribution in [2.24, 2.45) is 5.92 Å². The van der Waals surface area contributed by atoms with Crippen molar-refractivity contribution in [3.05, 3.63) is 35.9 Å². The van der Waals surface area contributed by atoms with E-state index in [1.54, 1.807) is 0 Å². The highest BCUT2D eigenvalue weighted by Gasteiger charge is 2.42. The van der Waals surface area contributed by atoms with Gasteiger partial charge in [0.25, 0.3) is 0 Å². The van der Waals surface area contributed by atoms with Gasteiger partial charge in [0.2, 0.25) is 0 Å². The number of benzene rings is 1. The van der Waals surface area contributed by atoms with Crippen LogP contribution < -0.4 is 0 Å². The van der Waals surface area contributed by atoms with Crippen molar-refractivity contribution in [2.75, 3.05) is 0 Å². The van der Waals surface area contributed by atoms with E-state index in [1.807, 2.05) is 25.1 Å². The normalized spacial score (nSPS) is 25.6. The fourth-order valence-corrected chi connectivity index (χ4v) is 1.88. The molecule has 1 heteroatoms. The monoisotopic (exact) mass is 174 g/mol. The molecular formula is C12H14O. The third-order valence-electron chi connectivity index (χ3n) is 2.78. The van der Waals surface area contributed by atoms with E-state index in [0.29, 0.717) is 24.0 Å². The number of carbonyl (C=O) groups is 1. The van der Waals surface area contributed by atoms with Crippen molar-refractivity contribution in [1.82, 2.24) is 0 Å². The molecule has 1 aliphatic rings. The van der Waals surface area contributed by atoms with Crippen molar-refractivity contribution in [3.63, 3.8) is 0 Å². The number of hydrogen-bond donors (Lipinski definition) is 0. The summed E-state index contributed by atoms with van der Waals surface area (Å²) in [6, 6.07) is 10.3. The number of rotatable bonds is 3. The van der Waals surface area contributed by atoms with Gasteiger partial charge < -0.3 is 0 Å². The second kappa shape index (κ2) is 3.33. The number of ketones is 1. The summed E-state index contributed by atoms with van der Waals surface area (Å²) in [6.45, 7) is 1.95. The quantitative estimate of drug-likeness (QED) is 0.688. The second-order valence-electron chi connectivity index (χ2n) is 3.68. The molecule has 0 amide bonds. The molecule has 68 valence electrons. The predicted octanol–water partition coefficient (Wildman–Crippen LogP) is 2.77. The molecule has 0 heterocycles. The van der Waals surface area contributed by atoms with Crippen molar-refractivity contribution < 1.29 is 4.79 Å². The first-order valence-corrected chi connectivity index (χ1v) is 4.90. The van der Waals surface area contributed by atoms with Gasteiger partial charge in [-0.15, -0.1) is 0 Å². The van der Waals surface area contributed by atoms with E-state index in [4.69, 9.17) is 0 Å². The molecule has 0 unspecified atom stereocenters. The Hall–Kier alpha value is -1.11. The van der Waals surface area contributed by atoms with Gasteiger partial charge in [0.15, 0.2) is 0 Å². The minimum atomic E-state index is 0.326. The lowest BCUT2D eigenvalue weighted by Crippen LogP contribution is -1.99. The van der Waals surface area contributed by atoms with E-state index < -0.39 is 0 Å². The largest absolute Gasteiger partial charge is 0.299 e. The molecule has 0 N–H and O–H groups in total. The van der Waals surface area contributed by atoms with Gasteiger partial charge in [-0.2, -0.15) is 0 Å². The average molecular weight is 174 g/mol. The SMILES string of the molecule is CCC(=O)[C@@H]1C[C@H]1c1ccccc1. The maximum atomic E-state index is 11.4. The Morgan fingerprint density at radius 1 is 1.38 bits per heavy atom. The molecule has 0 saturated heterocycles. The fraction of sp³-hybridized carbons (Fsp3) is 0.417. The van der Waals surface area contributed by atoms with Gasteiger partial charge in [-0.05, 0) is 17.9 Å². The van der Waals surface area contributed by atoms with E-state index >= 15 is 0 Å². The summed E-state index contributed by atoms with van der Waals surface area (Å²) >= 11 is 0. The van der Waals surface area contributed by atoms with Gasteiger partial charge >= 0.3 is 0 Å². The molecule has 0 aromatic heterocycles. The summed E-state index contributed by atoms with van der Waals surface area (Å²) in [5, 5.41) is 0. The van der Waals surface area contributed by atoms with Crippen LogP contribution in [0, 0.1) is 5.92 Å². The Labute approximate surface area is 78.8 Å². The second-order valence-corrected chi connectivity index (χ2v) is 3.68. The van der Waals surface area contributed by atoms with Crippen LogP contribution in [0.3, 0.4) is 0 Å². The van der Waals surface area contributed by atoms with Crippen molar-refractivity contribution in [2.45, 2.75) is 25.7 Å². The number of carbonyl (C=O) groups excluding carboxylic acids is 1. The van der Waals surface area contributed by atoms with Crippen LogP contribution in [0.5, 0.6) is 0 Å². The minimum absolute atomic E-state index is 0.326. The summed E-state index contributed by atoms with van der Waals surface area (Å²) in [5.41, 5.74) is 1.33. The third-order valence-corrected chi connectivity index (χ3v) is 2.78. The van der Waals surface area contributed by atoms with Gasteiger partial charge in [-0.25, -0.2) is 0 Å². The zero-order chi connectivity index (χ0) is 9.26. The van der Waals surface area contributed by atoms with Crippen LogP contribution in [-0.4, -0.2) is 5.78 Å². The summed E-state index contributed by atoms with van der Waals surface area (Å²) in [6.07, 6.45) is 1.75. The molecule has 0 radical (unpaired) electrons. The predicted molar refractivity (Wildman–Crippen MR) is 52.6 cm³/mol. The van der Waals surface area contributed by atoms with Crippen LogP contribution in [0.15, 0.2) is 30.3 Å². The van der Waals surface area contributed by atoms with Crippen LogP contribution in [-0.2, 0) is 4.79 Å². The zero-order valence-electron chi connectivity index (χ0n) is 7.86. The lowest BCUT2D eigenvalue weighted by atomic mass is 10.1. The molecular weight excluding hydrogens is 160 g/mol. The topological polar surface area (TPSA) is 17.1 Å². The Balaban J connectivity index is 2.04. The molecule has 1 saturated carbocycles.